The molecule has 0 atom stereocenters. The van der Waals surface area contributed by atoms with E-state index >= 15 is 0 Å². The first kappa shape index (κ1) is 17.6. The number of rotatable bonds is 5. The minimum absolute atomic E-state index is 0.0416. The fourth-order valence-corrected chi connectivity index (χ4v) is 2.54. The van der Waals surface area contributed by atoms with E-state index < -0.39 is 6.61 Å². The van der Waals surface area contributed by atoms with Crippen molar-refractivity contribution in [3.05, 3.63) is 40.6 Å². The van der Waals surface area contributed by atoms with Gasteiger partial charge in [-0.05, 0) is 40.3 Å². The van der Waals surface area contributed by atoms with E-state index in [1.807, 2.05) is 7.05 Å². The molecule has 0 spiro atoms. The first-order chi connectivity index (χ1) is 10.9. The molecule has 0 aliphatic rings. The second-order valence-corrected chi connectivity index (χ2v) is 5.96. The molecule has 0 saturated heterocycles. The zero-order valence-electron chi connectivity index (χ0n) is 12.5. The zero-order valence-corrected chi connectivity index (χ0v) is 14.9. The lowest BCUT2D eigenvalue weighted by atomic mass is 10.3. The third-order valence-electron chi connectivity index (χ3n) is 3.09. The van der Waals surface area contributed by atoms with Crippen molar-refractivity contribution in [2.24, 2.45) is 7.05 Å². The quantitative estimate of drug-likeness (QED) is 0.770. The lowest BCUT2D eigenvalue weighted by Gasteiger charge is -2.22. The molecule has 0 aliphatic heterocycles. The molecule has 0 fully saturated rings. The third kappa shape index (κ3) is 4.61. The maximum Gasteiger partial charge on any atom is 0.387 e. The number of hydrogen-bond acceptors (Lipinski definition) is 3. The summed E-state index contributed by atoms with van der Waals surface area (Å²) < 4.78 is 31.9. The van der Waals surface area contributed by atoms with Crippen LogP contribution in [0.5, 0.6) is 5.75 Å². The number of nitrogens with zero attached hydrogens (tertiary/aromatic N) is 3. The minimum Gasteiger partial charge on any atom is -0.433 e. The molecule has 1 aromatic carbocycles. The second-order valence-electron chi connectivity index (χ2n) is 4.72. The number of benzene rings is 1. The molecule has 0 unspecified atom stereocenters. The lowest BCUT2D eigenvalue weighted by Crippen LogP contribution is -2.31. The summed E-state index contributed by atoms with van der Waals surface area (Å²) >= 11 is 8.74. The topological polar surface area (TPSA) is 42.3 Å². The van der Waals surface area contributed by atoms with Crippen LogP contribution in [0, 0.1) is 0 Å². The largest absolute Gasteiger partial charge is 0.433 e. The summed E-state index contributed by atoms with van der Waals surface area (Å²) in [7, 11) is 3.63. The molecule has 1 N–H and O–H groups in total. The monoisotopic (exact) mass is 404 g/mol. The highest BCUT2D eigenvalue weighted by molar-refractivity contribution is 9.10. The van der Waals surface area contributed by atoms with Crippen molar-refractivity contribution in [1.82, 2.24) is 14.7 Å². The fraction of sp³-hybridized carbons (Fsp3) is 0.286. The average Bonchev–Trinajstić information content (AvgIpc) is 2.80. The van der Waals surface area contributed by atoms with Gasteiger partial charge in [0.05, 0.1) is 28.6 Å². The van der Waals surface area contributed by atoms with Crippen molar-refractivity contribution >= 4 is 38.9 Å². The van der Waals surface area contributed by atoms with Gasteiger partial charge in [-0.25, -0.2) is 0 Å². The van der Waals surface area contributed by atoms with Gasteiger partial charge >= 0.3 is 6.61 Å². The van der Waals surface area contributed by atoms with E-state index in [2.05, 4.69) is 31.1 Å². The van der Waals surface area contributed by atoms with E-state index in [0.29, 0.717) is 17.3 Å². The smallest absolute Gasteiger partial charge is 0.387 e. The number of aromatic nitrogens is 2. The number of aryl methyl sites for hydroxylation is 1. The summed E-state index contributed by atoms with van der Waals surface area (Å²) in [6.07, 6.45) is 1.70. The number of nitrogens with one attached hydrogen (secondary N) is 1. The maximum atomic E-state index is 12.4. The summed E-state index contributed by atoms with van der Waals surface area (Å²) in [4.78, 5) is 1.77. The van der Waals surface area contributed by atoms with Crippen molar-refractivity contribution < 1.29 is 13.5 Å². The van der Waals surface area contributed by atoms with E-state index in [0.717, 1.165) is 10.2 Å². The molecule has 0 radical (unpaired) electrons. The van der Waals surface area contributed by atoms with E-state index in [1.54, 1.807) is 41.0 Å². The van der Waals surface area contributed by atoms with Crippen LogP contribution in [0.15, 0.2) is 34.9 Å². The number of thiocarbonyl (C=S) groups is 1. The summed E-state index contributed by atoms with van der Waals surface area (Å²) in [5.74, 6) is 0.0416. The number of hydrogen-bond donors (Lipinski definition) is 1. The van der Waals surface area contributed by atoms with E-state index in [1.165, 1.54) is 6.07 Å². The van der Waals surface area contributed by atoms with Crippen molar-refractivity contribution in [2.75, 3.05) is 12.4 Å². The van der Waals surface area contributed by atoms with Crippen LogP contribution in [0.1, 0.15) is 5.69 Å². The summed E-state index contributed by atoms with van der Waals surface area (Å²) in [6.45, 7) is -2.39. The molecule has 23 heavy (non-hydrogen) atoms. The van der Waals surface area contributed by atoms with Crippen LogP contribution in [0.4, 0.5) is 14.5 Å². The minimum atomic E-state index is -2.89. The third-order valence-corrected chi connectivity index (χ3v) is 4.17. The molecular weight excluding hydrogens is 390 g/mol. The molecule has 0 bridgehead atoms. The molecule has 9 heteroatoms. The standard InChI is InChI=1S/C14H15BrF2N4OS/c1-20(8-11-9(15)7-18-21(11)2)14(23)19-10-5-3-4-6-12(10)22-13(16)17/h3-7,13H,8H2,1-2H3,(H,19,23). The van der Waals surface area contributed by atoms with Gasteiger partial charge in [-0.2, -0.15) is 13.9 Å². The summed E-state index contributed by atoms with van der Waals surface area (Å²) in [5.41, 5.74) is 1.32. The van der Waals surface area contributed by atoms with Gasteiger partial charge in [0.15, 0.2) is 5.11 Å². The Balaban J connectivity index is 2.07. The van der Waals surface area contributed by atoms with Crippen LogP contribution in [0.25, 0.3) is 0 Å². The molecule has 2 aromatic rings. The summed E-state index contributed by atoms with van der Waals surface area (Å²) in [5, 5.41) is 7.43. The average molecular weight is 405 g/mol. The Kier molecular flexibility index (Phi) is 5.89. The van der Waals surface area contributed by atoms with Gasteiger partial charge < -0.3 is 15.0 Å². The molecule has 2 rings (SSSR count). The zero-order chi connectivity index (χ0) is 17.0. The van der Waals surface area contributed by atoms with E-state index in [4.69, 9.17) is 12.2 Å². The van der Waals surface area contributed by atoms with Crippen molar-refractivity contribution in [2.45, 2.75) is 13.2 Å². The number of anilines is 1. The SMILES string of the molecule is CN(Cc1c(Br)cnn1C)C(=S)Nc1ccccc1OC(F)F. The van der Waals surface area contributed by atoms with Crippen LogP contribution >= 0.6 is 28.1 Å². The van der Waals surface area contributed by atoms with Gasteiger partial charge in [0.1, 0.15) is 5.75 Å². The number of para-hydroxylation sites is 2. The predicted octanol–water partition coefficient (Wildman–Crippen LogP) is 3.61. The summed E-state index contributed by atoms with van der Waals surface area (Å²) in [6, 6.07) is 6.40. The first-order valence-corrected chi connectivity index (χ1v) is 7.81. The van der Waals surface area contributed by atoms with Crippen LogP contribution < -0.4 is 10.1 Å². The predicted molar refractivity (Wildman–Crippen MR) is 91.7 cm³/mol. The molecule has 0 aliphatic carbocycles. The van der Waals surface area contributed by atoms with E-state index in [-0.39, 0.29) is 5.75 Å². The Labute approximate surface area is 146 Å². The van der Waals surface area contributed by atoms with Gasteiger partial charge in [0.25, 0.3) is 0 Å². The van der Waals surface area contributed by atoms with Crippen molar-refractivity contribution in [3.63, 3.8) is 0 Å². The van der Waals surface area contributed by atoms with Crippen LogP contribution in [0.2, 0.25) is 0 Å². The molecule has 5 nitrogen and oxygen atoms in total. The molecule has 124 valence electrons. The Hall–Kier alpha value is -1.74. The second kappa shape index (κ2) is 7.69. The highest BCUT2D eigenvalue weighted by Crippen LogP contribution is 2.26. The van der Waals surface area contributed by atoms with Gasteiger partial charge in [-0.1, -0.05) is 12.1 Å². The molecular formula is C14H15BrF2N4OS. The number of halogens is 3. The Bertz CT molecular complexity index is 676. The van der Waals surface area contributed by atoms with Crippen LogP contribution in [-0.2, 0) is 13.6 Å². The molecule has 0 saturated carbocycles. The fourth-order valence-electron chi connectivity index (χ4n) is 1.89. The van der Waals surface area contributed by atoms with Gasteiger partial charge in [0, 0.05) is 14.1 Å². The van der Waals surface area contributed by atoms with Crippen LogP contribution in [0.3, 0.4) is 0 Å². The highest BCUT2D eigenvalue weighted by atomic mass is 79.9. The molecule has 1 aromatic heterocycles. The highest BCUT2D eigenvalue weighted by Gasteiger charge is 2.14. The van der Waals surface area contributed by atoms with Gasteiger partial charge in [-0.3, -0.25) is 4.68 Å². The Morgan fingerprint density at radius 3 is 2.78 bits per heavy atom. The van der Waals surface area contributed by atoms with Crippen molar-refractivity contribution in [3.8, 4) is 5.75 Å². The first-order valence-electron chi connectivity index (χ1n) is 6.61. The van der Waals surface area contributed by atoms with Crippen molar-refractivity contribution in [1.29, 1.82) is 0 Å². The van der Waals surface area contributed by atoms with Gasteiger partial charge in [-0.15, -0.1) is 0 Å². The van der Waals surface area contributed by atoms with Crippen LogP contribution in [-0.4, -0.2) is 33.5 Å². The van der Waals surface area contributed by atoms with Gasteiger partial charge in [0.2, 0.25) is 0 Å². The molecule has 1 heterocycles. The number of ether oxygens (including phenoxy) is 1. The molecule has 0 amide bonds. The normalized spacial score (nSPS) is 10.7. The Morgan fingerprint density at radius 1 is 1.48 bits per heavy atom. The Morgan fingerprint density at radius 2 is 2.17 bits per heavy atom. The lowest BCUT2D eigenvalue weighted by molar-refractivity contribution is -0.0493. The number of alkyl halides is 2. The maximum absolute atomic E-state index is 12.4. The van der Waals surface area contributed by atoms with E-state index in [9.17, 15) is 8.78 Å².